The molecular weight excluding hydrogens is 1080 g/mol. The maximum atomic E-state index is 17.1. The largest absolute Gasteiger partial charge is 0.457 e. The van der Waals surface area contributed by atoms with Crippen molar-refractivity contribution >= 4 is 29.2 Å². The highest BCUT2D eigenvalue weighted by molar-refractivity contribution is 5.92. The van der Waals surface area contributed by atoms with E-state index in [1.165, 1.54) is 24.3 Å². The molecule has 0 saturated carbocycles. The van der Waals surface area contributed by atoms with Crippen LogP contribution in [0.1, 0.15) is 55.6 Å². The molecule has 11 aromatic rings. The van der Waals surface area contributed by atoms with E-state index in [0.717, 1.165) is 11.1 Å². The third-order valence-corrected chi connectivity index (χ3v) is 15.9. The molecule has 2 aliphatic rings. The summed E-state index contributed by atoms with van der Waals surface area (Å²) < 4.78 is 160. The van der Waals surface area contributed by atoms with E-state index >= 15 is 39.5 Å². The maximum absolute atomic E-state index is 17.1. The summed E-state index contributed by atoms with van der Waals surface area (Å²) in [6, 6.07) is 55.9. The van der Waals surface area contributed by atoms with Crippen molar-refractivity contribution < 1.29 is 49.0 Å². The highest BCUT2D eigenvalue weighted by Crippen LogP contribution is 2.61. The molecule has 2 aliphatic carbocycles. The minimum Gasteiger partial charge on any atom is -0.457 e. The van der Waals surface area contributed by atoms with Gasteiger partial charge in [-0.1, -0.05) is 135 Å². The molecule has 0 aliphatic heterocycles. The summed E-state index contributed by atoms with van der Waals surface area (Å²) in [4.78, 5) is 1.66. The van der Waals surface area contributed by atoms with Gasteiger partial charge in [-0.25, -0.2) is 39.5 Å². The number of fused-ring (bicyclic) bond motifs is 6. The number of nitrogens with zero attached hydrogens (tertiary/aromatic N) is 1. The first-order valence-corrected chi connectivity index (χ1v) is 26.5. The smallest absolute Gasteiger partial charge is 0.166 e. The Kier molecular flexibility index (Phi) is 13.0. The summed E-state index contributed by atoms with van der Waals surface area (Å²) in [5.41, 5.74) is -0.604. The zero-order valence-electron chi connectivity index (χ0n) is 44.0. The number of hydrogen-bond donors (Lipinski definition) is 0. The van der Waals surface area contributed by atoms with Crippen LogP contribution < -0.4 is 14.4 Å². The van der Waals surface area contributed by atoms with Crippen LogP contribution in [0, 0.1) is 52.4 Å². The quantitative estimate of drug-likeness (QED) is 0.0848. The standard InChI is InChI=1S/C72H42F9NO2/c1-3-41-13-27-49(28-14-41)83-51-31-17-43(18-32-51)71(65-67(78)61(74)39-62(75)68(65)79)57-11-7-5-9-53(57)55-35-25-47(37-59(55)71)82(46-23-21-45(73)22-24-46)48-26-36-56-54-10-6-8-12-58(54)72(60(56)38-48,66-69(80)63(76)40-64(77)70(66)81)44-19-33-52(34-20-44)84-50-29-15-42(4-2)16-30-50/h3-40H,1-2H2. The predicted octanol–water partition coefficient (Wildman–Crippen LogP) is 20.0. The Morgan fingerprint density at radius 1 is 0.321 bits per heavy atom. The molecule has 11 aromatic carbocycles. The number of halogens is 9. The zero-order chi connectivity index (χ0) is 58.2. The van der Waals surface area contributed by atoms with E-state index in [4.69, 9.17) is 9.47 Å². The van der Waals surface area contributed by atoms with Crippen LogP contribution in [0.25, 0.3) is 34.4 Å². The van der Waals surface area contributed by atoms with Crippen LogP contribution in [-0.2, 0) is 10.8 Å². The summed E-state index contributed by atoms with van der Waals surface area (Å²) in [5, 5.41) is 0. The van der Waals surface area contributed by atoms with Gasteiger partial charge in [0.2, 0.25) is 0 Å². The number of benzene rings is 11. The highest BCUT2D eigenvalue weighted by atomic mass is 19.2. The summed E-state index contributed by atoms with van der Waals surface area (Å²) in [5.74, 6) is -12.2. The lowest BCUT2D eigenvalue weighted by molar-refractivity contribution is 0.426. The molecule has 0 aromatic heterocycles. The van der Waals surface area contributed by atoms with Gasteiger partial charge >= 0.3 is 0 Å². The van der Waals surface area contributed by atoms with Gasteiger partial charge in [0.1, 0.15) is 28.8 Å². The maximum Gasteiger partial charge on any atom is 0.166 e. The van der Waals surface area contributed by atoms with E-state index < -0.39 is 74.3 Å². The predicted molar refractivity (Wildman–Crippen MR) is 309 cm³/mol. The topological polar surface area (TPSA) is 21.7 Å². The van der Waals surface area contributed by atoms with E-state index in [1.54, 1.807) is 199 Å². The average Bonchev–Trinajstić information content (AvgIpc) is 1.69. The third-order valence-electron chi connectivity index (χ3n) is 15.9. The Labute approximate surface area is 476 Å². The van der Waals surface area contributed by atoms with E-state index in [9.17, 15) is 0 Å². The summed E-state index contributed by atoms with van der Waals surface area (Å²) in [6.45, 7) is 7.58. The summed E-state index contributed by atoms with van der Waals surface area (Å²) in [6.07, 6.45) is 3.35. The van der Waals surface area contributed by atoms with Gasteiger partial charge in [0.05, 0.1) is 10.8 Å². The van der Waals surface area contributed by atoms with Crippen LogP contribution in [0.15, 0.2) is 232 Å². The molecular formula is C72H42F9NO2. The Balaban J connectivity index is 1.05. The number of anilines is 3. The molecule has 0 heterocycles. The van der Waals surface area contributed by atoms with Crippen LogP contribution in [-0.4, -0.2) is 0 Å². The van der Waals surface area contributed by atoms with Gasteiger partial charge in [-0.05, 0) is 164 Å². The second kappa shape index (κ2) is 20.6. The summed E-state index contributed by atoms with van der Waals surface area (Å²) >= 11 is 0. The molecule has 2 atom stereocenters. The molecule has 0 N–H and O–H groups in total. The SMILES string of the molecule is C=Cc1ccc(Oc2ccc(C3(c4c(F)c(F)cc(F)c4F)c4ccccc4-c4ccc(N(c5ccc(F)cc5)c5ccc6c(c5)C(c5ccc(Oc7ccc(C=C)cc7)cc5)(c5c(F)c(F)cc(F)c5F)c5ccccc5-6)cc43)cc2)cc1. The van der Waals surface area contributed by atoms with Gasteiger partial charge in [-0.2, -0.15) is 0 Å². The van der Waals surface area contributed by atoms with Crippen molar-refractivity contribution in [3.8, 4) is 45.3 Å². The highest BCUT2D eigenvalue weighted by Gasteiger charge is 2.53. The Hall–Kier alpha value is -10.3. The lowest BCUT2D eigenvalue weighted by Gasteiger charge is -2.36. The van der Waals surface area contributed by atoms with Gasteiger partial charge in [-0.15, -0.1) is 0 Å². The fourth-order valence-corrected chi connectivity index (χ4v) is 12.3. The summed E-state index contributed by atoms with van der Waals surface area (Å²) in [7, 11) is 0. The molecule has 12 heteroatoms. The molecule has 0 amide bonds. The minimum atomic E-state index is -2.15. The van der Waals surface area contributed by atoms with Crippen molar-refractivity contribution in [2.45, 2.75) is 10.8 Å². The normalized spacial score (nSPS) is 15.4. The lowest BCUT2D eigenvalue weighted by Crippen LogP contribution is -2.32. The van der Waals surface area contributed by atoms with Gasteiger partial charge < -0.3 is 14.4 Å². The first-order chi connectivity index (χ1) is 40.7. The van der Waals surface area contributed by atoms with E-state index in [-0.39, 0.29) is 56.9 Å². The van der Waals surface area contributed by atoms with Crippen molar-refractivity contribution in [3.63, 3.8) is 0 Å². The molecule has 2 unspecified atom stereocenters. The molecule has 0 radical (unpaired) electrons. The molecule has 84 heavy (non-hydrogen) atoms. The van der Waals surface area contributed by atoms with Crippen molar-refractivity contribution in [2.75, 3.05) is 4.90 Å². The van der Waals surface area contributed by atoms with Crippen molar-refractivity contribution in [1.82, 2.24) is 0 Å². The lowest BCUT2D eigenvalue weighted by atomic mass is 9.67. The van der Waals surface area contributed by atoms with Crippen LogP contribution >= 0.6 is 0 Å². The van der Waals surface area contributed by atoms with Gasteiger partial charge in [0.25, 0.3) is 0 Å². The molecule has 0 fully saturated rings. The first kappa shape index (κ1) is 53.0. The van der Waals surface area contributed by atoms with E-state index in [0.29, 0.717) is 50.9 Å². The second-order valence-corrected chi connectivity index (χ2v) is 20.3. The number of hydrogen-bond acceptors (Lipinski definition) is 3. The van der Waals surface area contributed by atoms with Crippen molar-refractivity contribution in [3.05, 3.63) is 340 Å². The number of rotatable bonds is 13. The zero-order valence-corrected chi connectivity index (χ0v) is 44.0. The molecule has 0 saturated heterocycles. The third kappa shape index (κ3) is 8.30. The van der Waals surface area contributed by atoms with E-state index in [2.05, 4.69) is 13.2 Å². The van der Waals surface area contributed by atoms with Crippen LogP contribution in [0.2, 0.25) is 0 Å². The van der Waals surface area contributed by atoms with Crippen molar-refractivity contribution in [2.24, 2.45) is 0 Å². The van der Waals surface area contributed by atoms with Crippen LogP contribution in [0.3, 0.4) is 0 Å². The fourth-order valence-electron chi connectivity index (χ4n) is 12.3. The molecule has 410 valence electrons. The average molecular weight is 1120 g/mol. The van der Waals surface area contributed by atoms with Gasteiger partial charge in [0.15, 0.2) is 46.5 Å². The Morgan fingerprint density at radius 2 is 0.643 bits per heavy atom. The molecule has 3 nitrogen and oxygen atoms in total. The number of ether oxygens (including phenoxy) is 2. The second-order valence-electron chi connectivity index (χ2n) is 20.3. The monoisotopic (exact) mass is 1120 g/mol. The molecule has 0 spiro atoms. The van der Waals surface area contributed by atoms with Crippen LogP contribution in [0.4, 0.5) is 56.6 Å². The van der Waals surface area contributed by atoms with Gasteiger partial charge in [-0.3, -0.25) is 0 Å². The molecule has 0 bridgehead atoms. The van der Waals surface area contributed by atoms with Crippen LogP contribution in [0.5, 0.6) is 23.0 Å². The van der Waals surface area contributed by atoms with Crippen molar-refractivity contribution in [1.29, 1.82) is 0 Å². The molecule has 13 rings (SSSR count). The van der Waals surface area contributed by atoms with E-state index in [1.807, 2.05) is 0 Å². The minimum absolute atomic E-state index is 0.152. The Morgan fingerprint density at radius 3 is 1.00 bits per heavy atom. The first-order valence-electron chi connectivity index (χ1n) is 26.5. The Bertz CT molecular complexity index is 4140. The fraction of sp³-hybridized carbons (Fsp3) is 0.0278. The van der Waals surface area contributed by atoms with Gasteiger partial charge in [0, 0.05) is 40.3 Å².